The van der Waals surface area contributed by atoms with Crippen LogP contribution in [0.4, 0.5) is 0 Å². The van der Waals surface area contributed by atoms with E-state index in [1.54, 1.807) is 11.8 Å². The molecule has 1 aromatic heterocycles. The third-order valence-corrected chi connectivity index (χ3v) is 4.29. The predicted octanol–water partition coefficient (Wildman–Crippen LogP) is 3.47. The third kappa shape index (κ3) is 3.65. The standard InChI is InChI=1S/C13H14N2OS2/c1-2-12-14-13(18-15-12)17-9-8-11(16)10-6-4-3-5-7-10/h3-7H,2,8-9H2,1H3. The van der Waals surface area contributed by atoms with Gasteiger partial charge in [-0.25, -0.2) is 4.98 Å². The predicted molar refractivity (Wildman–Crippen MR) is 75.4 cm³/mol. The fourth-order valence-electron chi connectivity index (χ4n) is 1.44. The molecule has 5 heteroatoms. The Kier molecular flexibility index (Phi) is 4.90. The van der Waals surface area contributed by atoms with E-state index in [1.165, 1.54) is 11.5 Å². The highest BCUT2D eigenvalue weighted by atomic mass is 32.2. The lowest BCUT2D eigenvalue weighted by Crippen LogP contribution is -1.99. The first-order valence-electron chi connectivity index (χ1n) is 5.83. The molecule has 18 heavy (non-hydrogen) atoms. The lowest BCUT2D eigenvalue weighted by Gasteiger charge is -1.99. The van der Waals surface area contributed by atoms with Gasteiger partial charge in [-0.15, -0.1) is 0 Å². The lowest BCUT2D eigenvalue weighted by molar-refractivity contribution is 0.0989. The molecule has 2 aromatic rings. The summed E-state index contributed by atoms with van der Waals surface area (Å²) >= 11 is 3.02. The Labute approximate surface area is 115 Å². The molecule has 0 aliphatic heterocycles. The minimum atomic E-state index is 0.184. The van der Waals surface area contributed by atoms with Crippen LogP contribution in [-0.4, -0.2) is 20.9 Å². The monoisotopic (exact) mass is 278 g/mol. The zero-order valence-electron chi connectivity index (χ0n) is 10.1. The Hall–Kier alpha value is -1.20. The SMILES string of the molecule is CCc1nsc(SCCC(=O)c2ccccc2)n1. The summed E-state index contributed by atoms with van der Waals surface area (Å²) in [6.07, 6.45) is 1.40. The number of carbonyl (C=O) groups excluding carboxylic acids is 1. The van der Waals surface area contributed by atoms with Gasteiger partial charge in [-0.2, -0.15) is 4.37 Å². The summed E-state index contributed by atoms with van der Waals surface area (Å²) in [5, 5.41) is 0. The molecule has 0 aliphatic carbocycles. The normalized spacial score (nSPS) is 10.5. The van der Waals surface area contributed by atoms with Crippen LogP contribution >= 0.6 is 23.3 Å². The molecule has 1 heterocycles. The number of thioether (sulfide) groups is 1. The van der Waals surface area contributed by atoms with Crippen LogP contribution in [0.2, 0.25) is 0 Å². The van der Waals surface area contributed by atoms with E-state index < -0.39 is 0 Å². The average Bonchev–Trinajstić information content (AvgIpc) is 2.87. The molecule has 0 radical (unpaired) electrons. The number of benzene rings is 1. The number of hydrogen-bond donors (Lipinski definition) is 0. The van der Waals surface area contributed by atoms with Gasteiger partial charge in [0.05, 0.1) is 0 Å². The largest absolute Gasteiger partial charge is 0.294 e. The van der Waals surface area contributed by atoms with Crippen molar-refractivity contribution in [3.05, 3.63) is 41.7 Å². The molecule has 3 nitrogen and oxygen atoms in total. The summed E-state index contributed by atoms with van der Waals surface area (Å²) in [5.41, 5.74) is 0.782. The van der Waals surface area contributed by atoms with E-state index in [4.69, 9.17) is 0 Å². The summed E-state index contributed by atoms with van der Waals surface area (Å²) in [6.45, 7) is 2.04. The number of hydrogen-bond acceptors (Lipinski definition) is 5. The fraction of sp³-hybridized carbons (Fsp3) is 0.308. The van der Waals surface area contributed by atoms with Gasteiger partial charge in [0.15, 0.2) is 10.1 Å². The molecule has 0 bridgehead atoms. The van der Waals surface area contributed by atoms with Crippen molar-refractivity contribution < 1.29 is 4.79 Å². The highest BCUT2D eigenvalue weighted by Crippen LogP contribution is 2.21. The maximum absolute atomic E-state index is 11.9. The summed E-state index contributed by atoms with van der Waals surface area (Å²) in [4.78, 5) is 16.2. The topological polar surface area (TPSA) is 42.9 Å². The highest BCUT2D eigenvalue weighted by molar-refractivity contribution is 8.00. The summed E-state index contributed by atoms with van der Waals surface area (Å²) in [7, 11) is 0. The van der Waals surface area contributed by atoms with Crippen LogP contribution in [0.25, 0.3) is 0 Å². The molecule has 94 valence electrons. The highest BCUT2D eigenvalue weighted by Gasteiger charge is 2.07. The van der Waals surface area contributed by atoms with Crippen LogP contribution in [0.3, 0.4) is 0 Å². The van der Waals surface area contributed by atoms with Crippen molar-refractivity contribution >= 4 is 29.1 Å². The van der Waals surface area contributed by atoms with E-state index in [2.05, 4.69) is 9.36 Å². The van der Waals surface area contributed by atoms with Crippen molar-refractivity contribution in [3.8, 4) is 0 Å². The number of ketones is 1. The molecule has 0 amide bonds. The van der Waals surface area contributed by atoms with E-state index in [1.807, 2.05) is 37.3 Å². The van der Waals surface area contributed by atoms with Gasteiger partial charge in [-0.3, -0.25) is 4.79 Å². The van der Waals surface area contributed by atoms with Crippen molar-refractivity contribution in [1.82, 2.24) is 9.36 Å². The van der Waals surface area contributed by atoms with Gasteiger partial charge in [-0.05, 0) is 11.5 Å². The Morgan fingerprint density at radius 2 is 2.11 bits per heavy atom. The average molecular weight is 278 g/mol. The van der Waals surface area contributed by atoms with Crippen molar-refractivity contribution in [3.63, 3.8) is 0 Å². The minimum Gasteiger partial charge on any atom is -0.294 e. The molecule has 1 aromatic carbocycles. The molecule has 0 aliphatic rings. The summed E-state index contributed by atoms with van der Waals surface area (Å²) in [5.74, 6) is 1.83. The smallest absolute Gasteiger partial charge is 0.170 e. The van der Waals surface area contributed by atoms with Crippen LogP contribution in [-0.2, 0) is 6.42 Å². The number of Topliss-reactive ketones (excluding diaryl/α,β-unsaturated/α-hetero) is 1. The van der Waals surface area contributed by atoms with E-state index in [0.717, 1.165) is 27.9 Å². The van der Waals surface area contributed by atoms with Crippen LogP contribution in [0.1, 0.15) is 29.5 Å². The Morgan fingerprint density at radius 3 is 2.78 bits per heavy atom. The zero-order valence-corrected chi connectivity index (χ0v) is 11.8. The number of carbonyl (C=O) groups is 1. The maximum atomic E-state index is 11.9. The van der Waals surface area contributed by atoms with E-state index in [0.29, 0.717) is 6.42 Å². The van der Waals surface area contributed by atoms with E-state index in [-0.39, 0.29) is 5.78 Å². The number of aryl methyl sites for hydroxylation is 1. The second-order valence-electron chi connectivity index (χ2n) is 3.72. The Morgan fingerprint density at radius 1 is 1.33 bits per heavy atom. The second-order valence-corrected chi connectivity index (χ2v) is 5.81. The van der Waals surface area contributed by atoms with Gasteiger partial charge in [0.1, 0.15) is 5.82 Å². The molecular weight excluding hydrogens is 264 g/mol. The molecule has 2 rings (SSSR count). The van der Waals surface area contributed by atoms with Gasteiger partial charge in [0, 0.05) is 24.2 Å². The molecule has 0 fully saturated rings. The second kappa shape index (κ2) is 6.66. The molecule has 0 saturated heterocycles. The molecule has 0 N–H and O–H groups in total. The summed E-state index contributed by atoms with van der Waals surface area (Å²) < 4.78 is 5.17. The van der Waals surface area contributed by atoms with Gasteiger partial charge in [0.2, 0.25) is 0 Å². The van der Waals surface area contributed by atoms with Gasteiger partial charge < -0.3 is 0 Å². The van der Waals surface area contributed by atoms with Gasteiger partial charge >= 0.3 is 0 Å². The maximum Gasteiger partial charge on any atom is 0.170 e. The van der Waals surface area contributed by atoms with Crippen molar-refractivity contribution in [2.24, 2.45) is 0 Å². The van der Waals surface area contributed by atoms with Crippen molar-refractivity contribution in [2.45, 2.75) is 24.1 Å². The number of aromatic nitrogens is 2. The zero-order chi connectivity index (χ0) is 12.8. The van der Waals surface area contributed by atoms with E-state index in [9.17, 15) is 4.79 Å². The fourth-order valence-corrected chi connectivity index (χ4v) is 3.14. The van der Waals surface area contributed by atoms with Crippen molar-refractivity contribution in [2.75, 3.05) is 5.75 Å². The first-order valence-corrected chi connectivity index (χ1v) is 7.59. The Balaban J connectivity index is 1.80. The van der Waals surface area contributed by atoms with Gasteiger partial charge in [0.25, 0.3) is 0 Å². The molecule has 0 spiro atoms. The molecular formula is C13H14N2OS2. The summed E-state index contributed by atoms with van der Waals surface area (Å²) in [6, 6.07) is 9.40. The first-order chi connectivity index (χ1) is 8.79. The molecule has 0 atom stereocenters. The minimum absolute atomic E-state index is 0.184. The number of rotatable bonds is 6. The molecule has 0 saturated carbocycles. The first kappa shape index (κ1) is 13.2. The van der Waals surface area contributed by atoms with E-state index >= 15 is 0 Å². The molecule has 0 unspecified atom stereocenters. The quantitative estimate of drug-likeness (QED) is 0.599. The number of nitrogens with zero attached hydrogens (tertiary/aromatic N) is 2. The third-order valence-electron chi connectivity index (χ3n) is 2.42. The lowest BCUT2D eigenvalue weighted by atomic mass is 10.1. The van der Waals surface area contributed by atoms with Crippen LogP contribution < -0.4 is 0 Å². The van der Waals surface area contributed by atoms with Crippen molar-refractivity contribution in [1.29, 1.82) is 0 Å². The van der Waals surface area contributed by atoms with Gasteiger partial charge in [-0.1, -0.05) is 49.0 Å². The van der Waals surface area contributed by atoms with Crippen LogP contribution in [0.5, 0.6) is 0 Å². The van der Waals surface area contributed by atoms with Crippen LogP contribution in [0.15, 0.2) is 34.7 Å². The Bertz CT molecular complexity index is 511. The van der Waals surface area contributed by atoms with Crippen LogP contribution in [0, 0.1) is 0 Å².